The number of carbonyl (C=O) groups is 1. The van der Waals surface area contributed by atoms with Crippen LogP contribution in [0.25, 0.3) is 16.3 Å². The maximum atomic E-state index is 13.4. The van der Waals surface area contributed by atoms with Gasteiger partial charge in [0.15, 0.2) is 5.82 Å². The zero-order valence-electron chi connectivity index (χ0n) is 15.6. The van der Waals surface area contributed by atoms with Crippen molar-refractivity contribution in [1.82, 2.24) is 19.9 Å². The number of rotatable bonds is 6. The average Bonchev–Trinajstić information content (AvgIpc) is 3.30. The first-order valence-electron chi connectivity index (χ1n) is 8.90. The number of aromatic nitrogens is 3. The van der Waals surface area contributed by atoms with Crippen LogP contribution >= 0.6 is 11.3 Å². The van der Waals surface area contributed by atoms with Gasteiger partial charge in [-0.25, -0.2) is 13.7 Å². The van der Waals surface area contributed by atoms with E-state index in [9.17, 15) is 9.18 Å². The van der Waals surface area contributed by atoms with Gasteiger partial charge in [-0.2, -0.15) is 4.98 Å². The van der Waals surface area contributed by atoms with E-state index in [2.05, 4.69) is 20.7 Å². The van der Waals surface area contributed by atoms with E-state index in [0.717, 1.165) is 10.7 Å². The van der Waals surface area contributed by atoms with Crippen LogP contribution in [0, 0.1) is 5.82 Å². The SMILES string of the molecule is COc1cccc(NC(=O)NCCc2csc3nc(-c4cccc(F)c4)nn23)c1. The minimum atomic E-state index is -0.327. The number of ether oxygens (including phenoxy) is 1. The van der Waals surface area contributed by atoms with E-state index in [1.165, 1.54) is 23.5 Å². The van der Waals surface area contributed by atoms with Crippen molar-refractivity contribution in [3.63, 3.8) is 0 Å². The van der Waals surface area contributed by atoms with Crippen molar-refractivity contribution in [2.75, 3.05) is 19.0 Å². The first-order valence-corrected chi connectivity index (χ1v) is 9.78. The lowest BCUT2D eigenvalue weighted by atomic mass is 10.2. The number of carbonyl (C=O) groups excluding carboxylic acids is 1. The van der Waals surface area contributed by atoms with Gasteiger partial charge in [0.2, 0.25) is 4.96 Å². The third kappa shape index (κ3) is 4.35. The minimum Gasteiger partial charge on any atom is -0.497 e. The molecule has 0 saturated heterocycles. The number of nitrogens with one attached hydrogen (secondary N) is 2. The van der Waals surface area contributed by atoms with E-state index < -0.39 is 0 Å². The van der Waals surface area contributed by atoms with Gasteiger partial charge in [0.25, 0.3) is 0 Å². The molecule has 148 valence electrons. The van der Waals surface area contributed by atoms with Gasteiger partial charge in [0.05, 0.1) is 12.8 Å². The molecular formula is C20H18FN5O2S. The van der Waals surface area contributed by atoms with Crippen LogP contribution in [-0.4, -0.2) is 34.3 Å². The molecule has 2 aromatic carbocycles. The summed E-state index contributed by atoms with van der Waals surface area (Å²) in [6, 6.07) is 13.0. The second kappa shape index (κ2) is 8.27. The normalized spacial score (nSPS) is 10.8. The molecule has 0 bridgehead atoms. The fourth-order valence-electron chi connectivity index (χ4n) is 2.83. The van der Waals surface area contributed by atoms with Crippen LogP contribution in [0.15, 0.2) is 53.9 Å². The second-order valence-corrected chi connectivity index (χ2v) is 7.07. The van der Waals surface area contributed by atoms with Crippen molar-refractivity contribution >= 4 is 28.0 Å². The summed E-state index contributed by atoms with van der Waals surface area (Å²) >= 11 is 1.45. The van der Waals surface area contributed by atoms with Gasteiger partial charge in [-0.05, 0) is 24.3 Å². The molecule has 0 atom stereocenters. The first kappa shape index (κ1) is 18.9. The summed E-state index contributed by atoms with van der Waals surface area (Å²) in [7, 11) is 1.57. The smallest absolute Gasteiger partial charge is 0.319 e. The van der Waals surface area contributed by atoms with Gasteiger partial charge in [-0.15, -0.1) is 16.4 Å². The number of urea groups is 1. The van der Waals surface area contributed by atoms with Gasteiger partial charge < -0.3 is 15.4 Å². The highest BCUT2D eigenvalue weighted by atomic mass is 32.1. The molecule has 2 aromatic heterocycles. The average molecular weight is 411 g/mol. The van der Waals surface area contributed by atoms with Gasteiger partial charge in [-0.3, -0.25) is 0 Å². The summed E-state index contributed by atoms with van der Waals surface area (Å²) in [5.41, 5.74) is 2.19. The summed E-state index contributed by atoms with van der Waals surface area (Å²) in [5.74, 6) is 0.817. The molecule has 9 heteroatoms. The van der Waals surface area contributed by atoms with E-state index in [-0.39, 0.29) is 11.8 Å². The molecular weight excluding hydrogens is 393 g/mol. The van der Waals surface area contributed by atoms with Crippen molar-refractivity contribution in [1.29, 1.82) is 0 Å². The number of benzene rings is 2. The Morgan fingerprint density at radius 2 is 2.10 bits per heavy atom. The van der Waals surface area contributed by atoms with Crippen LogP contribution in [0.2, 0.25) is 0 Å². The Morgan fingerprint density at radius 1 is 1.24 bits per heavy atom. The predicted molar refractivity (Wildman–Crippen MR) is 110 cm³/mol. The van der Waals surface area contributed by atoms with Gasteiger partial charge in [0, 0.05) is 35.7 Å². The molecule has 0 aliphatic rings. The lowest BCUT2D eigenvalue weighted by Crippen LogP contribution is -2.30. The predicted octanol–water partition coefficient (Wildman–Crippen LogP) is 3.97. The number of methoxy groups -OCH3 is 1. The van der Waals surface area contributed by atoms with Crippen LogP contribution in [0.3, 0.4) is 0 Å². The molecule has 7 nitrogen and oxygen atoms in total. The van der Waals surface area contributed by atoms with E-state index in [0.29, 0.717) is 35.8 Å². The second-order valence-electron chi connectivity index (χ2n) is 6.23. The molecule has 0 aliphatic heterocycles. The van der Waals surface area contributed by atoms with Crippen molar-refractivity contribution in [3.8, 4) is 17.1 Å². The highest BCUT2D eigenvalue weighted by Crippen LogP contribution is 2.21. The zero-order chi connectivity index (χ0) is 20.2. The number of thiazole rings is 1. The van der Waals surface area contributed by atoms with Crippen LogP contribution in [0.4, 0.5) is 14.9 Å². The number of halogens is 1. The van der Waals surface area contributed by atoms with Crippen LogP contribution < -0.4 is 15.4 Å². The summed E-state index contributed by atoms with van der Waals surface area (Å²) in [5, 5.41) is 12.0. The Morgan fingerprint density at radius 3 is 2.93 bits per heavy atom. The minimum absolute atomic E-state index is 0.302. The number of hydrogen-bond donors (Lipinski definition) is 2. The summed E-state index contributed by atoms with van der Waals surface area (Å²) in [6.07, 6.45) is 0.581. The molecule has 29 heavy (non-hydrogen) atoms. The Labute approximate surface area is 170 Å². The van der Waals surface area contributed by atoms with Crippen molar-refractivity contribution in [3.05, 3.63) is 65.4 Å². The Kier molecular flexibility index (Phi) is 5.39. The Bertz CT molecular complexity index is 1160. The molecule has 2 N–H and O–H groups in total. The topological polar surface area (TPSA) is 80.5 Å². The highest BCUT2D eigenvalue weighted by Gasteiger charge is 2.12. The van der Waals surface area contributed by atoms with Gasteiger partial charge in [0.1, 0.15) is 11.6 Å². The third-order valence-electron chi connectivity index (χ3n) is 4.23. The maximum absolute atomic E-state index is 13.4. The quantitative estimate of drug-likeness (QED) is 0.503. The monoisotopic (exact) mass is 411 g/mol. The molecule has 4 rings (SSSR count). The van der Waals surface area contributed by atoms with E-state index in [1.807, 2.05) is 5.38 Å². The number of anilines is 1. The van der Waals surface area contributed by atoms with Crippen LogP contribution in [-0.2, 0) is 6.42 Å². The van der Waals surface area contributed by atoms with Crippen LogP contribution in [0.1, 0.15) is 5.69 Å². The summed E-state index contributed by atoms with van der Waals surface area (Å²) in [6.45, 7) is 0.427. The molecule has 0 fully saturated rings. The fourth-order valence-corrected chi connectivity index (χ4v) is 3.68. The third-order valence-corrected chi connectivity index (χ3v) is 5.09. The number of amides is 2. The molecule has 0 aliphatic carbocycles. The fraction of sp³-hybridized carbons (Fsp3) is 0.150. The molecule has 0 unspecified atom stereocenters. The molecule has 0 radical (unpaired) electrons. The van der Waals surface area contributed by atoms with Gasteiger partial charge >= 0.3 is 6.03 Å². The van der Waals surface area contributed by atoms with Gasteiger partial charge in [-0.1, -0.05) is 18.2 Å². The first-order chi connectivity index (χ1) is 14.1. The zero-order valence-corrected chi connectivity index (χ0v) is 16.4. The summed E-state index contributed by atoms with van der Waals surface area (Å²) < 4.78 is 20.3. The largest absolute Gasteiger partial charge is 0.497 e. The molecule has 2 heterocycles. The van der Waals surface area contributed by atoms with E-state index in [1.54, 1.807) is 48.0 Å². The van der Waals surface area contributed by atoms with Crippen molar-refractivity contribution in [2.24, 2.45) is 0 Å². The molecule has 4 aromatic rings. The number of nitrogens with zero attached hydrogens (tertiary/aromatic N) is 3. The molecule has 0 spiro atoms. The Hall–Kier alpha value is -3.46. The molecule has 2 amide bonds. The van der Waals surface area contributed by atoms with Crippen LogP contribution in [0.5, 0.6) is 5.75 Å². The number of hydrogen-bond acceptors (Lipinski definition) is 5. The lowest BCUT2D eigenvalue weighted by Gasteiger charge is -2.08. The number of fused-ring (bicyclic) bond motifs is 1. The standard InChI is InChI=1S/C20H18FN5O2S/c1-28-17-7-3-6-15(11-17)23-19(27)22-9-8-16-12-29-20-24-18(25-26(16)20)13-4-2-5-14(21)10-13/h2-7,10-12H,8-9H2,1H3,(H2,22,23,27). The van der Waals surface area contributed by atoms with E-state index in [4.69, 9.17) is 4.74 Å². The Balaban J connectivity index is 1.37. The highest BCUT2D eigenvalue weighted by molar-refractivity contribution is 7.15. The van der Waals surface area contributed by atoms with E-state index >= 15 is 0 Å². The lowest BCUT2D eigenvalue weighted by molar-refractivity contribution is 0.252. The molecule has 0 saturated carbocycles. The maximum Gasteiger partial charge on any atom is 0.319 e. The summed E-state index contributed by atoms with van der Waals surface area (Å²) in [4.78, 5) is 17.3. The van der Waals surface area contributed by atoms with Crippen molar-refractivity contribution in [2.45, 2.75) is 6.42 Å². The van der Waals surface area contributed by atoms with Crippen molar-refractivity contribution < 1.29 is 13.9 Å².